The van der Waals surface area contributed by atoms with E-state index < -0.39 is 6.10 Å². The Hall–Kier alpha value is -4.45. The summed E-state index contributed by atoms with van der Waals surface area (Å²) in [6.45, 7) is 6.36. The fourth-order valence-electron chi connectivity index (χ4n) is 7.14. The molecule has 0 rings (SSSR count). The maximum atomic E-state index is 12.9. The summed E-state index contributed by atoms with van der Waals surface area (Å²) < 4.78 is 16.8. The van der Waals surface area contributed by atoms with E-state index in [9.17, 15) is 14.4 Å². The van der Waals surface area contributed by atoms with Crippen LogP contribution in [0.4, 0.5) is 0 Å². The summed E-state index contributed by atoms with van der Waals surface area (Å²) in [5, 5.41) is 0. The van der Waals surface area contributed by atoms with Crippen LogP contribution in [0.15, 0.2) is 134 Å². The molecule has 0 aliphatic rings. The summed E-state index contributed by atoms with van der Waals surface area (Å²) in [7, 11) is 0. The van der Waals surface area contributed by atoms with Crippen LogP contribution in [-0.4, -0.2) is 37.2 Å². The lowest BCUT2D eigenvalue weighted by atomic mass is 10.1. The van der Waals surface area contributed by atoms with Crippen LogP contribution in [0.25, 0.3) is 0 Å². The van der Waals surface area contributed by atoms with Crippen molar-refractivity contribution < 1.29 is 28.6 Å². The molecule has 0 amide bonds. The van der Waals surface area contributed by atoms with E-state index in [2.05, 4.69) is 142 Å². The molecule has 0 saturated carbocycles. The molecule has 70 heavy (non-hydrogen) atoms. The van der Waals surface area contributed by atoms with Gasteiger partial charge in [-0.25, -0.2) is 0 Å². The zero-order chi connectivity index (χ0) is 50.7. The summed E-state index contributed by atoms with van der Waals surface area (Å²) in [6, 6.07) is 0. The summed E-state index contributed by atoms with van der Waals surface area (Å²) in [6.07, 6.45) is 80.1. The fourth-order valence-corrected chi connectivity index (χ4v) is 7.14. The van der Waals surface area contributed by atoms with E-state index >= 15 is 0 Å². The summed E-state index contributed by atoms with van der Waals surface area (Å²) in [5.74, 6) is -1.04. The van der Waals surface area contributed by atoms with E-state index in [1.807, 2.05) is 12.2 Å². The van der Waals surface area contributed by atoms with Gasteiger partial charge in [0.25, 0.3) is 0 Å². The quantitative estimate of drug-likeness (QED) is 0.0262. The van der Waals surface area contributed by atoms with Gasteiger partial charge in [0.1, 0.15) is 13.2 Å². The molecule has 6 heteroatoms. The van der Waals surface area contributed by atoms with Gasteiger partial charge in [0.15, 0.2) is 6.10 Å². The molecule has 0 aromatic heterocycles. The number of esters is 3. The highest BCUT2D eigenvalue weighted by atomic mass is 16.6. The number of allylic oxidation sites excluding steroid dienone is 22. The number of hydrogen-bond donors (Lipinski definition) is 0. The van der Waals surface area contributed by atoms with Crippen molar-refractivity contribution in [2.45, 2.75) is 239 Å². The Kier molecular flexibility index (Phi) is 53.5. The van der Waals surface area contributed by atoms with Crippen molar-refractivity contribution in [3.63, 3.8) is 0 Å². The smallest absolute Gasteiger partial charge is 0.306 e. The second-order valence-electron chi connectivity index (χ2n) is 18.1. The topological polar surface area (TPSA) is 78.9 Å². The predicted molar refractivity (Wildman–Crippen MR) is 302 cm³/mol. The lowest BCUT2D eigenvalue weighted by Gasteiger charge is -2.18. The molecular formula is C64H102O6. The molecule has 1 atom stereocenters. The largest absolute Gasteiger partial charge is 0.462 e. The minimum Gasteiger partial charge on any atom is -0.462 e. The molecule has 0 N–H and O–H groups in total. The van der Waals surface area contributed by atoms with Crippen molar-refractivity contribution in [3.05, 3.63) is 134 Å². The molecule has 0 unspecified atom stereocenters. The van der Waals surface area contributed by atoms with E-state index in [1.54, 1.807) is 0 Å². The van der Waals surface area contributed by atoms with Gasteiger partial charge in [0.05, 0.1) is 0 Å². The Morgan fingerprint density at radius 3 is 1.00 bits per heavy atom. The van der Waals surface area contributed by atoms with Gasteiger partial charge in [-0.2, -0.15) is 0 Å². The molecule has 0 bridgehead atoms. The van der Waals surface area contributed by atoms with Gasteiger partial charge in [-0.15, -0.1) is 0 Å². The van der Waals surface area contributed by atoms with Crippen LogP contribution in [0, 0.1) is 0 Å². The minimum absolute atomic E-state index is 0.119. The van der Waals surface area contributed by atoms with E-state index in [-0.39, 0.29) is 44.0 Å². The van der Waals surface area contributed by atoms with Gasteiger partial charge in [-0.1, -0.05) is 225 Å². The Bertz CT molecular complexity index is 1530. The average molecular weight is 968 g/mol. The van der Waals surface area contributed by atoms with Crippen molar-refractivity contribution in [2.24, 2.45) is 0 Å². The standard InChI is InChI=1S/C64H102O6/c1-4-7-10-13-16-19-22-25-28-30-32-34-36-39-42-45-48-51-54-57-63(66)69-60-61(59-68-62(65)56-53-50-47-44-41-38-27-24-21-18-15-12-9-6-3)70-64(67)58-55-52-49-46-43-40-37-35-33-31-29-26-23-20-17-14-11-8-5-2/h7,10,15-20,24-29,32-35,39,42,48,51,61H,4-6,8-9,11-14,21-23,30-31,36-38,40-41,43-47,49-50,52-60H2,1-3H3/b10-7-,18-15-,19-16-,20-17-,27-24-,28-25-,29-26-,34-32-,35-33-,42-39-,51-48-/t61-/m1/s1. The normalized spacial score (nSPS) is 13.1. The maximum absolute atomic E-state index is 12.9. The van der Waals surface area contributed by atoms with Crippen LogP contribution in [0.3, 0.4) is 0 Å². The summed E-state index contributed by atoms with van der Waals surface area (Å²) in [5.41, 5.74) is 0. The molecule has 0 heterocycles. The lowest BCUT2D eigenvalue weighted by Crippen LogP contribution is -2.30. The Balaban J connectivity index is 4.56. The van der Waals surface area contributed by atoms with Crippen molar-refractivity contribution >= 4 is 17.9 Å². The molecular weight excluding hydrogens is 865 g/mol. The van der Waals surface area contributed by atoms with Gasteiger partial charge in [0, 0.05) is 19.3 Å². The SMILES string of the molecule is CC/C=C\C/C=C\C/C=C\C/C=C\C/C=C\C/C=C\CCC(=O)OC[C@@H](COC(=O)CCCCCCC/C=C\C/C=C\CCCC)OC(=O)CCCCCCCC/C=C\C/C=C\C/C=C\CCCCC. The highest BCUT2D eigenvalue weighted by Crippen LogP contribution is 2.13. The number of rotatable bonds is 49. The highest BCUT2D eigenvalue weighted by molar-refractivity contribution is 5.71. The van der Waals surface area contributed by atoms with Crippen LogP contribution < -0.4 is 0 Å². The van der Waals surface area contributed by atoms with Crippen LogP contribution in [-0.2, 0) is 28.6 Å². The van der Waals surface area contributed by atoms with E-state index in [0.29, 0.717) is 12.8 Å². The van der Waals surface area contributed by atoms with Crippen molar-refractivity contribution in [2.75, 3.05) is 13.2 Å². The van der Waals surface area contributed by atoms with Crippen LogP contribution >= 0.6 is 0 Å². The highest BCUT2D eigenvalue weighted by Gasteiger charge is 2.19. The van der Waals surface area contributed by atoms with Crippen molar-refractivity contribution in [1.29, 1.82) is 0 Å². The number of carbonyl (C=O) groups is 3. The van der Waals surface area contributed by atoms with Crippen LogP contribution in [0.5, 0.6) is 0 Å². The van der Waals surface area contributed by atoms with Gasteiger partial charge >= 0.3 is 17.9 Å². The van der Waals surface area contributed by atoms with Gasteiger partial charge in [0.2, 0.25) is 0 Å². The first-order valence-electron chi connectivity index (χ1n) is 28.2. The van der Waals surface area contributed by atoms with Gasteiger partial charge < -0.3 is 14.2 Å². The third-order valence-electron chi connectivity index (χ3n) is 11.4. The molecule has 0 aliphatic carbocycles. The first-order chi connectivity index (χ1) is 34.5. The summed E-state index contributed by atoms with van der Waals surface area (Å²) in [4.78, 5) is 38.1. The molecule has 0 radical (unpaired) electrons. The lowest BCUT2D eigenvalue weighted by molar-refractivity contribution is -0.166. The van der Waals surface area contributed by atoms with E-state index in [0.717, 1.165) is 128 Å². The van der Waals surface area contributed by atoms with Crippen LogP contribution in [0.2, 0.25) is 0 Å². The monoisotopic (exact) mass is 967 g/mol. The Labute approximate surface area is 430 Å². The number of carbonyl (C=O) groups excluding carboxylic acids is 3. The molecule has 0 spiro atoms. The molecule has 394 valence electrons. The Morgan fingerprint density at radius 1 is 0.300 bits per heavy atom. The van der Waals surface area contributed by atoms with Crippen molar-refractivity contribution in [1.82, 2.24) is 0 Å². The third kappa shape index (κ3) is 54.5. The first kappa shape index (κ1) is 65.5. The molecule has 6 nitrogen and oxygen atoms in total. The fraction of sp³-hybridized carbons (Fsp3) is 0.609. The number of ether oxygens (including phenoxy) is 3. The van der Waals surface area contributed by atoms with Gasteiger partial charge in [-0.05, 0) is 122 Å². The minimum atomic E-state index is -0.827. The zero-order valence-electron chi connectivity index (χ0n) is 45.0. The maximum Gasteiger partial charge on any atom is 0.306 e. The molecule has 0 aromatic carbocycles. The predicted octanol–water partition coefficient (Wildman–Crippen LogP) is 19.0. The number of unbranched alkanes of at least 4 members (excludes halogenated alkanes) is 16. The van der Waals surface area contributed by atoms with E-state index in [1.165, 1.54) is 57.8 Å². The number of hydrogen-bond acceptors (Lipinski definition) is 6. The van der Waals surface area contributed by atoms with Crippen molar-refractivity contribution in [3.8, 4) is 0 Å². The molecule has 0 aliphatic heterocycles. The van der Waals surface area contributed by atoms with Crippen LogP contribution in [0.1, 0.15) is 233 Å². The molecule has 0 saturated heterocycles. The second-order valence-corrected chi connectivity index (χ2v) is 18.1. The third-order valence-corrected chi connectivity index (χ3v) is 11.4. The second kappa shape index (κ2) is 57.1. The molecule has 0 fully saturated rings. The summed E-state index contributed by atoms with van der Waals surface area (Å²) >= 11 is 0. The van der Waals surface area contributed by atoms with Gasteiger partial charge in [-0.3, -0.25) is 14.4 Å². The average Bonchev–Trinajstić information content (AvgIpc) is 3.36. The molecule has 0 aromatic rings. The first-order valence-corrected chi connectivity index (χ1v) is 28.2. The zero-order valence-corrected chi connectivity index (χ0v) is 45.0. The van der Waals surface area contributed by atoms with E-state index in [4.69, 9.17) is 14.2 Å². The Morgan fingerprint density at radius 2 is 0.600 bits per heavy atom.